The van der Waals surface area contributed by atoms with Gasteiger partial charge in [-0.2, -0.15) is 0 Å². The molecule has 0 aromatic heterocycles. The smallest absolute Gasteiger partial charge is 0.330 e. The van der Waals surface area contributed by atoms with Gasteiger partial charge in [0.2, 0.25) is 0 Å². The molecule has 0 radical (unpaired) electrons. The number of urea groups is 4. The first kappa shape index (κ1) is 16.2. The monoisotopic (exact) mass is 269 g/mol. The van der Waals surface area contributed by atoms with Gasteiger partial charge in [-0.25, -0.2) is 19.2 Å². The summed E-state index contributed by atoms with van der Waals surface area (Å²) in [5, 5.41) is 9.84. The molecule has 0 aliphatic heterocycles. The van der Waals surface area contributed by atoms with Crippen molar-refractivity contribution in [3.63, 3.8) is 0 Å². The fourth-order valence-corrected chi connectivity index (χ4v) is 0.790. The molecule has 0 saturated carbocycles. The molecule has 5 N–H and O–H groups in total. The van der Waals surface area contributed by atoms with Crippen molar-refractivity contribution in [1.82, 2.24) is 26.6 Å². The van der Waals surface area contributed by atoms with Crippen LogP contribution in [0.25, 0.3) is 0 Å². The molecule has 0 bridgehead atoms. The number of nitrogens with one attached hydrogen (secondary N) is 5. The zero-order chi connectivity index (χ0) is 14.7. The lowest BCUT2D eigenvalue weighted by Crippen LogP contribution is -2.52. The average Bonchev–Trinajstić information content (AvgIpc) is 2.33. The van der Waals surface area contributed by atoms with Crippen LogP contribution in [0, 0.1) is 0 Å². The second-order valence-corrected chi connectivity index (χ2v) is 3.03. The van der Waals surface area contributed by atoms with Crippen LogP contribution in [-0.4, -0.2) is 37.2 Å². The fraction of sp³-hybridized carbons (Fsp3) is 0.200. The molecule has 0 saturated heterocycles. The summed E-state index contributed by atoms with van der Waals surface area (Å²) in [6, 6.07) is -3.76. The number of hydrogen-bond acceptors (Lipinski definition) is 4. The predicted octanol–water partition coefficient (Wildman–Crippen LogP) is -0.214. The number of hydrogen-bond donors (Lipinski definition) is 5. The maximum Gasteiger partial charge on any atom is 0.330 e. The Balaban J connectivity index is 3.95. The Labute approximate surface area is 109 Å². The number of carbonyl (C=O) groups excluding carboxylic acids is 4. The van der Waals surface area contributed by atoms with E-state index in [4.69, 9.17) is 0 Å². The zero-order valence-corrected chi connectivity index (χ0v) is 10.1. The highest BCUT2D eigenvalue weighted by Crippen LogP contribution is 1.72. The molecule has 9 heteroatoms. The van der Waals surface area contributed by atoms with Gasteiger partial charge in [0, 0.05) is 13.1 Å². The van der Waals surface area contributed by atoms with Crippen LogP contribution in [0.3, 0.4) is 0 Å². The summed E-state index contributed by atoms with van der Waals surface area (Å²) in [6.07, 6.45) is 2.82. The highest BCUT2D eigenvalue weighted by Gasteiger charge is 2.12. The topological polar surface area (TPSA) is 128 Å². The summed E-state index contributed by atoms with van der Waals surface area (Å²) in [5.41, 5.74) is 0. The third-order valence-corrected chi connectivity index (χ3v) is 1.50. The molecular weight excluding hydrogens is 254 g/mol. The molecule has 19 heavy (non-hydrogen) atoms. The van der Waals surface area contributed by atoms with Gasteiger partial charge in [0.15, 0.2) is 0 Å². The van der Waals surface area contributed by atoms with Crippen LogP contribution >= 0.6 is 0 Å². The number of imide groups is 3. The van der Waals surface area contributed by atoms with Crippen LogP contribution in [0.5, 0.6) is 0 Å². The van der Waals surface area contributed by atoms with E-state index in [2.05, 4.69) is 23.8 Å². The van der Waals surface area contributed by atoms with E-state index in [1.807, 2.05) is 0 Å². The van der Waals surface area contributed by atoms with E-state index in [9.17, 15) is 19.2 Å². The normalized spacial score (nSPS) is 8.63. The molecule has 0 aromatic carbocycles. The van der Waals surface area contributed by atoms with Gasteiger partial charge in [-0.3, -0.25) is 16.0 Å². The molecule has 0 aromatic rings. The van der Waals surface area contributed by atoms with Crippen molar-refractivity contribution < 1.29 is 19.2 Å². The summed E-state index contributed by atoms with van der Waals surface area (Å²) in [4.78, 5) is 44.2. The zero-order valence-electron chi connectivity index (χ0n) is 10.1. The lowest BCUT2D eigenvalue weighted by molar-refractivity contribution is 0.219. The predicted molar refractivity (Wildman–Crippen MR) is 67.4 cm³/mol. The van der Waals surface area contributed by atoms with E-state index >= 15 is 0 Å². The molecule has 0 atom stereocenters. The van der Waals surface area contributed by atoms with Crippen molar-refractivity contribution in [2.24, 2.45) is 0 Å². The average molecular weight is 269 g/mol. The van der Waals surface area contributed by atoms with Crippen LogP contribution in [0.4, 0.5) is 19.2 Å². The lowest BCUT2D eigenvalue weighted by Gasteiger charge is -2.07. The second-order valence-electron chi connectivity index (χ2n) is 3.03. The summed E-state index contributed by atoms with van der Waals surface area (Å²) in [7, 11) is 0. The quantitative estimate of drug-likeness (QED) is 0.452. The van der Waals surface area contributed by atoms with Gasteiger partial charge in [0.25, 0.3) is 0 Å². The maximum atomic E-state index is 11.1. The molecule has 0 spiro atoms. The van der Waals surface area contributed by atoms with Crippen molar-refractivity contribution >= 4 is 24.1 Å². The van der Waals surface area contributed by atoms with Gasteiger partial charge < -0.3 is 10.6 Å². The van der Waals surface area contributed by atoms with Crippen LogP contribution in [-0.2, 0) is 0 Å². The number of amides is 8. The third-order valence-electron chi connectivity index (χ3n) is 1.50. The number of carbonyl (C=O) groups is 4. The Kier molecular flexibility index (Phi) is 7.84. The largest absolute Gasteiger partial charge is 0.334 e. The summed E-state index contributed by atoms with van der Waals surface area (Å²) >= 11 is 0. The van der Waals surface area contributed by atoms with Crippen molar-refractivity contribution in [1.29, 1.82) is 0 Å². The molecule has 0 unspecified atom stereocenters. The molecular formula is C10H15N5O4. The van der Waals surface area contributed by atoms with Crippen LogP contribution in [0.15, 0.2) is 25.3 Å². The minimum atomic E-state index is -1.07. The molecule has 0 fully saturated rings. The summed E-state index contributed by atoms with van der Waals surface area (Å²) in [5.74, 6) is 0. The molecule has 8 amide bonds. The van der Waals surface area contributed by atoms with Gasteiger partial charge in [-0.15, -0.1) is 13.2 Å². The standard InChI is InChI=1S/C10H15N5O4/c1-3-5-11-7(16)13-9(18)15-10(19)14-8(17)12-6-4-2/h3-4H,1-2,5-6H2,(H5,11,12,13,14,15,16,17,18,19). The molecule has 0 aliphatic rings. The van der Waals surface area contributed by atoms with Crippen molar-refractivity contribution in [2.45, 2.75) is 0 Å². The first-order valence-corrected chi connectivity index (χ1v) is 5.16. The van der Waals surface area contributed by atoms with Crippen LogP contribution in [0.2, 0.25) is 0 Å². The van der Waals surface area contributed by atoms with Crippen molar-refractivity contribution in [3.05, 3.63) is 25.3 Å². The summed E-state index contributed by atoms with van der Waals surface area (Å²) in [6.45, 7) is 7.04. The third kappa shape index (κ3) is 8.92. The highest BCUT2D eigenvalue weighted by atomic mass is 16.2. The second kappa shape index (κ2) is 9.22. The van der Waals surface area contributed by atoms with E-state index in [1.165, 1.54) is 12.2 Å². The van der Waals surface area contributed by atoms with Gasteiger partial charge in [-0.05, 0) is 0 Å². The molecule has 0 heterocycles. The van der Waals surface area contributed by atoms with E-state index in [-0.39, 0.29) is 13.1 Å². The van der Waals surface area contributed by atoms with Gasteiger partial charge in [-0.1, -0.05) is 12.2 Å². The van der Waals surface area contributed by atoms with Crippen molar-refractivity contribution in [2.75, 3.05) is 13.1 Å². The van der Waals surface area contributed by atoms with Gasteiger partial charge in [0.1, 0.15) is 0 Å². The lowest BCUT2D eigenvalue weighted by atomic mass is 10.6. The Morgan fingerprint density at radius 1 is 0.684 bits per heavy atom. The Morgan fingerprint density at radius 3 is 1.32 bits per heavy atom. The van der Waals surface area contributed by atoms with Gasteiger partial charge in [0.05, 0.1) is 0 Å². The first-order chi connectivity index (χ1) is 8.99. The fourth-order valence-electron chi connectivity index (χ4n) is 0.790. The Hall–Kier alpha value is -2.84. The summed E-state index contributed by atoms with van der Waals surface area (Å²) < 4.78 is 0. The highest BCUT2D eigenvalue weighted by molar-refractivity contribution is 6.04. The Bertz CT molecular complexity index is 357. The van der Waals surface area contributed by atoms with E-state index in [0.717, 1.165) is 0 Å². The van der Waals surface area contributed by atoms with Crippen molar-refractivity contribution in [3.8, 4) is 0 Å². The maximum absolute atomic E-state index is 11.1. The SMILES string of the molecule is C=CCNC(=O)NC(=O)NC(=O)NC(=O)NCC=C. The molecule has 0 rings (SSSR count). The number of rotatable bonds is 4. The van der Waals surface area contributed by atoms with E-state index in [0.29, 0.717) is 0 Å². The van der Waals surface area contributed by atoms with Gasteiger partial charge >= 0.3 is 24.1 Å². The minimum Gasteiger partial charge on any atom is -0.334 e. The van der Waals surface area contributed by atoms with E-state index < -0.39 is 24.1 Å². The minimum absolute atomic E-state index is 0.162. The Morgan fingerprint density at radius 2 is 1.00 bits per heavy atom. The van der Waals surface area contributed by atoms with Crippen LogP contribution < -0.4 is 26.6 Å². The molecule has 0 aliphatic carbocycles. The molecule has 104 valence electrons. The molecule has 9 nitrogen and oxygen atoms in total. The first-order valence-electron chi connectivity index (χ1n) is 5.16. The van der Waals surface area contributed by atoms with Crippen LogP contribution in [0.1, 0.15) is 0 Å². The van der Waals surface area contributed by atoms with E-state index in [1.54, 1.807) is 16.0 Å².